The summed E-state index contributed by atoms with van der Waals surface area (Å²) in [5.41, 5.74) is 4.99. The van der Waals surface area contributed by atoms with Crippen molar-refractivity contribution in [2.24, 2.45) is 0 Å². The summed E-state index contributed by atoms with van der Waals surface area (Å²) in [6.45, 7) is 3.70. The topological polar surface area (TPSA) is 61.9 Å². The molecule has 2 amide bonds. The molecule has 1 aliphatic carbocycles. The van der Waals surface area contributed by atoms with Crippen molar-refractivity contribution in [3.8, 4) is 5.75 Å². The van der Waals surface area contributed by atoms with E-state index in [-0.39, 0.29) is 41.6 Å². The summed E-state index contributed by atoms with van der Waals surface area (Å²) in [6.07, 6.45) is 4.85. The molecule has 1 saturated heterocycles. The van der Waals surface area contributed by atoms with Crippen LogP contribution in [-0.2, 0) is 22.4 Å². The van der Waals surface area contributed by atoms with Gasteiger partial charge in [-0.25, -0.2) is 8.78 Å². The quantitative estimate of drug-likeness (QED) is 0.242. The second-order valence-corrected chi connectivity index (χ2v) is 13.1. The molecule has 1 N–H and O–H groups in total. The smallest absolute Gasteiger partial charge is 0.252 e. The number of rotatable bonds is 11. The van der Waals surface area contributed by atoms with Crippen LogP contribution in [0.2, 0.25) is 0 Å². The molecule has 3 aliphatic rings. The minimum absolute atomic E-state index is 0.0233. The molecule has 6 rings (SSSR count). The van der Waals surface area contributed by atoms with Gasteiger partial charge in [-0.15, -0.1) is 0 Å². The number of hydrogen-bond donors (Lipinski definition) is 1. The fourth-order valence-corrected chi connectivity index (χ4v) is 6.80. The second-order valence-electron chi connectivity index (χ2n) is 12.3. The summed E-state index contributed by atoms with van der Waals surface area (Å²) in [7, 11) is 0. The molecule has 3 aromatic carbocycles. The maximum Gasteiger partial charge on any atom is 0.252 e. The first kappa shape index (κ1) is 31.4. The van der Waals surface area contributed by atoms with E-state index in [1.54, 1.807) is 25.1 Å². The molecule has 45 heavy (non-hydrogen) atoms. The molecule has 2 atom stereocenters. The zero-order valence-corrected chi connectivity index (χ0v) is 27.0. The van der Waals surface area contributed by atoms with Crippen LogP contribution in [-0.4, -0.2) is 66.0 Å². The maximum atomic E-state index is 14.4. The van der Waals surface area contributed by atoms with Gasteiger partial charge in [0, 0.05) is 50.3 Å². The molecule has 0 aromatic heterocycles. The number of nitrogens with zero attached hydrogens (tertiary/aromatic N) is 2. The first-order chi connectivity index (χ1) is 21.7. The lowest BCUT2D eigenvalue weighted by atomic mass is 9.82. The van der Waals surface area contributed by atoms with Gasteiger partial charge >= 0.3 is 0 Å². The monoisotopic (exact) mass is 677 g/mol. The highest BCUT2D eigenvalue weighted by Crippen LogP contribution is 2.37. The number of carbonyl (C=O) groups is 2. The lowest BCUT2D eigenvalue weighted by Gasteiger charge is -2.44. The molecule has 2 fully saturated rings. The van der Waals surface area contributed by atoms with Crippen molar-refractivity contribution in [2.75, 3.05) is 26.2 Å². The Morgan fingerprint density at radius 2 is 1.64 bits per heavy atom. The summed E-state index contributed by atoms with van der Waals surface area (Å²) in [6, 6.07) is 19.3. The Hall–Kier alpha value is -3.56. The first-order valence-corrected chi connectivity index (χ1v) is 16.5. The highest BCUT2D eigenvalue weighted by molar-refractivity contribution is 9.10. The van der Waals surface area contributed by atoms with Crippen LogP contribution in [0.25, 0.3) is 5.57 Å². The molecule has 0 spiro atoms. The van der Waals surface area contributed by atoms with Crippen molar-refractivity contribution in [1.29, 1.82) is 0 Å². The molecule has 236 valence electrons. The number of nitrogens with one attached hydrogen (secondary N) is 1. The Morgan fingerprint density at radius 3 is 2.36 bits per heavy atom. The third-order valence-corrected chi connectivity index (χ3v) is 9.60. The number of amides is 2. The molecule has 1 saturated carbocycles. The lowest BCUT2D eigenvalue weighted by molar-refractivity contribution is -0.132. The Balaban J connectivity index is 1.20. The average molecular weight is 679 g/mol. The summed E-state index contributed by atoms with van der Waals surface area (Å²) < 4.78 is 33.5. The molecule has 6 nitrogen and oxygen atoms in total. The van der Waals surface area contributed by atoms with Crippen molar-refractivity contribution in [3.05, 3.63) is 105 Å². The average Bonchev–Trinajstić information content (AvgIpc) is 3.87. The number of piperazine rings is 1. The van der Waals surface area contributed by atoms with Crippen molar-refractivity contribution in [1.82, 2.24) is 15.1 Å². The third-order valence-electron chi connectivity index (χ3n) is 8.95. The summed E-state index contributed by atoms with van der Waals surface area (Å²) in [4.78, 5) is 30.7. The highest BCUT2D eigenvalue weighted by Gasteiger charge is 2.42. The van der Waals surface area contributed by atoms with Crippen LogP contribution < -0.4 is 10.1 Å². The largest absolute Gasteiger partial charge is 0.492 e. The van der Waals surface area contributed by atoms with E-state index in [4.69, 9.17) is 4.74 Å². The van der Waals surface area contributed by atoms with Crippen LogP contribution in [0, 0.1) is 11.6 Å². The molecule has 2 aliphatic heterocycles. The SMILES string of the molecule is CC(=O)N1C[C@H]2CC(c3ccc(CCCOc4cc(F)ccc4Br)cc3)=C(C(=O)N(CCc3ccc(F)cc3)C3CC3)[C@@H](C1)N2. The van der Waals surface area contributed by atoms with Gasteiger partial charge in [-0.1, -0.05) is 36.4 Å². The Bertz CT molecular complexity index is 1570. The van der Waals surface area contributed by atoms with Gasteiger partial charge in [0.05, 0.1) is 17.1 Å². The maximum absolute atomic E-state index is 14.4. The van der Waals surface area contributed by atoms with E-state index in [1.807, 2.05) is 9.80 Å². The lowest BCUT2D eigenvalue weighted by Crippen LogP contribution is -2.62. The van der Waals surface area contributed by atoms with E-state index in [0.717, 1.165) is 58.0 Å². The van der Waals surface area contributed by atoms with E-state index in [1.165, 1.54) is 24.3 Å². The third kappa shape index (κ3) is 7.64. The van der Waals surface area contributed by atoms with Crippen LogP contribution in [0.5, 0.6) is 5.75 Å². The zero-order valence-electron chi connectivity index (χ0n) is 25.4. The van der Waals surface area contributed by atoms with Crippen LogP contribution in [0.1, 0.15) is 49.3 Å². The van der Waals surface area contributed by atoms with Crippen molar-refractivity contribution in [3.63, 3.8) is 0 Å². The van der Waals surface area contributed by atoms with E-state index >= 15 is 0 Å². The van der Waals surface area contributed by atoms with Gasteiger partial charge in [0.25, 0.3) is 5.91 Å². The number of aryl methyl sites for hydroxylation is 1. The fraction of sp³-hybridized carbons (Fsp3) is 0.389. The normalized spacial score (nSPS) is 19.4. The van der Waals surface area contributed by atoms with Gasteiger partial charge in [-0.2, -0.15) is 0 Å². The van der Waals surface area contributed by atoms with Crippen molar-refractivity contribution < 1.29 is 23.1 Å². The van der Waals surface area contributed by atoms with E-state index < -0.39 is 0 Å². The number of carbonyl (C=O) groups excluding carboxylic acids is 2. The number of hydrogen-bond acceptors (Lipinski definition) is 4. The molecule has 3 aromatic rings. The fourth-order valence-electron chi connectivity index (χ4n) is 6.43. The minimum atomic E-state index is -0.333. The molecule has 9 heteroatoms. The number of fused-ring (bicyclic) bond motifs is 2. The van der Waals surface area contributed by atoms with Gasteiger partial charge in [-0.3, -0.25) is 9.59 Å². The van der Waals surface area contributed by atoms with Crippen LogP contribution in [0.4, 0.5) is 8.78 Å². The summed E-state index contributed by atoms with van der Waals surface area (Å²) in [5, 5.41) is 3.65. The van der Waals surface area contributed by atoms with Gasteiger partial charge in [0.15, 0.2) is 0 Å². The van der Waals surface area contributed by atoms with E-state index in [2.05, 4.69) is 45.5 Å². The molecule has 2 bridgehead atoms. The van der Waals surface area contributed by atoms with Crippen LogP contribution in [0.3, 0.4) is 0 Å². The molecular formula is C36H38BrF2N3O3. The van der Waals surface area contributed by atoms with E-state index in [0.29, 0.717) is 44.8 Å². The van der Waals surface area contributed by atoms with Gasteiger partial charge in [0.1, 0.15) is 17.4 Å². The van der Waals surface area contributed by atoms with Crippen molar-refractivity contribution in [2.45, 2.75) is 63.6 Å². The molecule has 0 radical (unpaired) electrons. The molecule has 0 unspecified atom stereocenters. The van der Waals surface area contributed by atoms with Gasteiger partial charge in [0.2, 0.25) is 5.91 Å². The summed E-state index contributed by atoms with van der Waals surface area (Å²) in [5.74, 6) is -0.0569. The van der Waals surface area contributed by atoms with Crippen LogP contribution >= 0.6 is 15.9 Å². The number of ether oxygens (including phenoxy) is 1. The van der Waals surface area contributed by atoms with E-state index in [9.17, 15) is 18.4 Å². The van der Waals surface area contributed by atoms with Gasteiger partial charge < -0.3 is 19.9 Å². The molecular weight excluding hydrogens is 640 g/mol. The number of halogens is 3. The number of benzene rings is 3. The Morgan fingerprint density at radius 1 is 0.956 bits per heavy atom. The summed E-state index contributed by atoms with van der Waals surface area (Å²) >= 11 is 3.40. The second kappa shape index (κ2) is 13.8. The van der Waals surface area contributed by atoms with Gasteiger partial charge in [-0.05, 0) is 101 Å². The predicted molar refractivity (Wildman–Crippen MR) is 174 cm³/mol. The van der Waals surface area contributed by atoms with Crippen molar-refractivity contribution >= 4 is 33.3 Å². The van der Waals surface area contributed by atoms with Crippen LogP contribution in [0.15, 0.2) is 76.8 Å². The molecule has 2 heterocycles. The zero-order chi connectivity index (χ0) is 31.5. The highest BCUT2D eigenvalue weighted by atomic mass is 79.9. The Labute approximate surface area is 271 Å². The predicted octanol–water partition coefficient (Wildman–Crippen LogP) is 6.32. The standard InChI is InChI=1S/C36H38BrF2N3O3/c1-23(43)41-21-29-20-31(26-8-4-24(5-9-26)3-2-18-45-34-19-28(39)12-15-32(34)37)35(33(22-41)40-29)36(44)42(30-13-14-30)17-16-25-6-10-27(38)11-7-25/h4-12,15,19,29-30,33,40H,2-3,13-14,16-18,20-22H2,1H3/t29-,33-/m1/s1. The Kier molecular flexibility index (Phi) is 9.66. The minimum Gasteiger partial charge on any atom is -0.492 e. The first-order valence-electron chi connectivity index (χ1n) is 15.7.